The topological polar surface area (TPSA) is 88.7 Å². The van der Waals surface area contributed by atoms with Gasteiger partial charge in [0.05, 0.1) is 18.3 Å². The maximum absolute atomic E-state index is 12.6. The van der Waals surface area contributed by atoms with E-state index in [4.69, 9.17) is 21.7 Å². The molecule has 0 aliphatic carbocycles. The van der Waals surface area contributed by atoms with Gasteiger partial charge in [-0.25, -0.2) is 0 Å². The van der Waals surface area contributed by atoms with E-state index in [1.165, 1.54) is 0 Å². The van der Waals surface area contributed by atoms with Gasteiger partial charge in [0.1, 0.15) is 5.75 Å². The Morgan fingerprint density at radius 3 is 2.77 bits per heavy atom. The van der Waals surface area contributed by atoms with Gasteiger partial charge in [0.2, 0.25) is 0 Å². The van der Waals surface area contributed by atoms with Crippen molar-refractivity contribution in [3.8, 4) is 5.75 Å². The molecule has 3 rings (SSSR count). The van der Waals surface area contributed by atoms with Crippen LogP contribution in [0, 0.1) is 0 Å². The fourth-order valence-corrected chi connectivity index (χ4v) is 3.39. The molecule has 3 N–H and O–H groups in total. The van der Waals surface area contributed by atoms with E-state index in [1.807, 2.05) is 13.0 Å². The molecule has 0 spiro atoms. The summed E-state index contributed by atoms with van der Waals surface area (Å²) >= 11 is 5.27. The molecule has 1 unspecified atom stereocenters. The number of ether oxygens (including phenoxy) is 2. The lowest BCUT2D eigenvalue weighted by Crippen LogP contribution is -2.34. The van der Waals surface area contributed by atoms with E-state index >= 15 is 0 Å². The fraction of sp³-hybridized carbons (Fsp3) is 0.348. The first-order valence-electron chi connectivity index (χ1n) is 10.4. The monoisotopic (exact) mass is 441 g/mol. The van der Waals surface area contributed by atoms with E-state index < -0.39 is 0 Å². The molecule has 1 atom stereocenters. The Labute approximate surface area is 187 Å². The number of nitrogens with one attached hydrogen (secondary N) is 3. The summed E-state index contributed by atoms with van der Waals surface area (Å²) in [5.41, 5.74) is 1.50. The lowest BCUT2D eigenvalue weighted by atomic mass is 10.1. The van der Waals surface area contributed by atoms with Gasteiger partial charge in [0.15, 0.2) is 5.11 Å². The molecule has 0 radical (unpaired) electrons. The molecule has 7 nitrogen and oxygen atoms in total. The highest BCUT2D eigenvalue weighted by Gasteiger charge is 2.17. The quantitative estimate of drug-likeness (QED) is 0.544. The van der Waals surface area contributed by atoms with Crippen LogP contribution < -0.4 is 20.7 Å². The number of hydrogen-bond acceptors (Lipinski definition) is 5. The van der Waals surface area contributed by atoms with Crippen LogP contribution in [-0.4, -0.2) is 42.8 Å². The van der Waals surface area contributed by atoms with Crippen LogP contribution >= 0.6 is 12.2 Å². The van der Waals surface area contributed by atoms with Gasteiger partial charge in [-0.15, -0.1) is 0 Å². The van der Waals surface area contributed by atoms with E-state index in [9.17, 15) is 9.59 Å². The molecule has 1 aliphatic rings. The van der Waals surface area contributed by atoms with Gasteiger partial charge in [-0.3, -0.25) is 14.9 Å². The van der Waals surface area contributed by atoms with Gasteiger partial charge in [-0.2, -0.15) is 0 Å². The van der Waals surface area contributed by atoms with E-state index in [0.29, 0.717) is 35.7 Å². The van der Waals surface area contributed by atoms with Crippen molar-refractivity contribution in [3.05, 3.63) is 59.7 Å². The Hall–Kier alpha value is -2.97. The summed E-state index contributed by atoms with van der Waals surface area (Å²) in [4.78, 5) is 25.0. The van der Waals surface area contributed by atoms with E-state index in [-0.39, 0.29) is 23.0 Å². The third-order valence-electron chi connectivity index (χ3n) is 4.72. The second-order valence-corrected chi connectivity index (χ2v) is 7.59. The van der Waals surface area contributed by atoms with Crippen molar-refractivity contribution in [2.45, 2.75) is 32.3 Å². The molecule has 0 saturated carbocycles. The molecule has 2 amide bonds. The third-order valence-corrected chi connectivity index (χ3v) is 4.92. The van der Waals surface area contributed by atoms with E-state index in [0.717, 1.165) is 25.9 Å². The Morgan fingerprint density at radius 1 is 1.16 bits per heavy atom. The van der Waals surface area contributed by atoms with Crippen LogP contribution in [-0.2, 0) is 4.74 Å². The number of carbonyl (C=O) groups excluding carboxylic acids is 2. The van der Waals surface area contributed by atoms with Crippen LogP contribution in [0.15, 0.2) is 48.5 Å². The zero-order chi connectivity index (χ0) is 22.1. The first-order chi connectivity index (χ1) is 15.1. The lowest BCUT2D eigenvalue weighted by Gasteiger charge is -2.14. The number of amides is 2. The number of para-hydroxylation sites is 1. The Balaban J connectivity index is 1.56. The largest absolute Gasteiger partial charge is 0.493 e. The molecule has 31 heavy (non-hydrogen) atoms. The van der Waals surface area contributed by atoms with Gasteiger partial charge in [-0.1, -0.05) is 25.1 Å². The maximum Gasteiger partial charge on any atom is 0.261 e. The molecule has 164 valence electrons. The lowest BCUT2D eigenvalue weighted by molar-refractivity contribution is 0.0857. The molecule has 1 heterocycles. The van der Waals surface area contributed by atoms with Crippen molar-refractivity contribution in [2.75, 3.05) is 25.1 Å². The van der Waals surface area contributed by atoms with Crippen LogP contribution in [0.5, 0.6) is 5.75 Å². The Bertz CT molecular complexity index is 929. The Kier molecular flexibility index (Phi) is 8.37. The van der Waals surface area contributed by atoms with Crippen LogP contribution in [0.3, 0.4) is 0 Å². The summed E-state index contributed by atoms with van der Waals surface area (Å²) in [6.07, 6.45) is 2.91. The van der Waals surface area contributed by atoms with Gasteiger partial charge in [0.25, 0.3) is 11.8 Å². The number of carbonyl (C=O) groups is 2. The number of thiocarbonyl (C=S) groups is 1. The highest BCUT2D eigenvalue weighted by Crippen LogP contribution is 2.18. The molecule has 8 heteroatoms. The minimum absolute atomic E-state index is 0.0808. The van der Waals surface area contributed by atoms with Crippen LogP contribution in [0.2, 0.25) is 0 Å². The van der Waals surface area contributed by atoms with Gasteiger partial charge >= 0.3 is 0 Å². The molecule has 0 bridgehead atoms. The number of rotatable bonds is 8. The molecule has 2 aromatic rings. The molecular weight excluding hydrogens is 414 g/mol. The van der Waals surface area contributed by atoms with Crippen molar-refractivity contribution in [3.63, 3.8) is 0 Å². The van der Waals surface area contributed by atoms with Crippen molar-refractivity contribution in [2.24, 2.45) is 0 Å². The number of hydrogen-bond donors (Lipinski definition) is 3. The summed E-state index contributed by atoms with van der Waals surface area (Å²) in [6, 6.07) is 13.9. The maximum atomic E-state index is 12.6. The number of anilines is 1. The summed E-state index contributed by atoms with van der Waals surface area (Å²) in [7, 11) is 0. The molecule has 1 saturated heterocycles. The van der Waals surface area contributed by atoms with E-state index in [1.54, 1.807) is 42.5 Å². The standard InChI is InChI=1S/C23H27N3O4S/c1-2-12-30-20-11-4-3-10-19(20)22(28)26-23(31)25-17-8-5-7-16(14-17)21(27)24-15-18-9-6-13-29-18/h3-5,7-8,10-11,14,18H,2,6,9,12-13,15H2,1H3,(H,24,27)(H2,25,26,28,31). The normalized spacial score (nSPS) is 15.2. The van der Waals surface area contributed by atoms with Crippen LogP contribution in [0.1, 0.15) is 46.9 Å². The molecular formula is C23H27N3O4S. The Morgan fingerprint density at radius 2 is 2.00 bits per heavy atom. The van der Waals surface area contributed by atoms with Gasteiger partial charge < -0.3 is 20.1 Å². The van der Waals surface area contributed by atoms with Crippen molar-refractivity contribution < 1.29 is 19.1 Å². The summed E-state index contributed by atoms with van der Waals surface area (Å²) in [6.45, 7) is 3.76. The molecule has 1 aliphatic heterocycles. The predicted molar refractivity (Wildman–Crippen MR) is 124 cm³/mol. The first-order valence-corrected chi connectivity index (χ1v) is 10.8. The highest BCUT2D eigenvalue weighted by molar-refractivity contribution is 7.80. The summed E-state index contributed by atoms with van der Waals surface area (Å²) in [5, 5.41) is 8.63. The van der Waals surface area contributed by atoms with Crippen molar-refractivity contribution in [1.29, 1.82) is 0 Å². The first kappa shape index (κ1) is 22.7. The fourth-order valence-electron chi connectivity index (χ4n) is 3.18. The van der Waals surface area contributed by atoms with Crippen LogP contribution in [0.25, 0.3) is 0 Å². The van der Waals surface area contributed by atoms with Crippen molar-refractivity contribution in [1.82, 2.24) is 10.6 Å². The average Bonchev–Trinajstić information content (AvgIpc) is 3.30. The van der Waals surface area contributed by atoms with Crippen LogP contribution in [0.4, 0.5) is 5.69 Å². The minimum atomic E-state index is -0.366. The minimum Gasteiger partial charge on any atom is -0.493 e. The van der Waals surface area contributed by atoms with E-state index in [2.05, 4.69) is 16.0 Å². The highest BCUT2D eigenvalue weighted by atomic mass is 32.1. The van der Waals surface area contributed by atoms with Gasteiger partial charge in [0, 0.05) is 24.4 Å². The second kappa shape index (κ2) is 11.4. The molecule has 2 aromatic carbocycles. The zero-order valence-electron chi connectivity index (χ0n) is 17.5. The predicted octanol–water partition coefficient (Wildman–Crippen LogP) is 3.51. The molecule has 0 aromatic heterocycles. The van der Waals surface area contributed by atoms with Gasteiger partial charge in [-0.05, 0) is 61.8 Å². The smallest absolute Gasteiger partial charge is 0.261 e. The second-order valence-electron chi connectivity index (χ2n) is 7.18. The summed E-state index contributed by atoms with van der Waals surface area (Å²) < 4.78 is 11.2. The molecule has 1 fully saturated rings. The zero-order valence-corrected chi connectivity index (χ0v) is 18.3. The third kappa shape index (κ3) is 6.77. The average molecular weight is 442 g/mol. The summed E-state index contributed by atoms with van der Waals surface area (Å²) in [5.74, 6) is -0.0414. The van der Waals surface area contributed by atoms with Crippen molar-refractivity contribution >= 4 is 34.8 Å². The SMILES string of the molecule is CCCOc1ccccc1C(=O)NC(=S)Nc1cccc(C(=O)NCC2CCCO2)c1. The number of benzene rings is 2.